The van der Waals surface area contributed by atoms with Crippen molar-refractivity contribution >= 4 is 65.5 Å². The number of hydrogen-bond donors (Lipinski definition) is 0. The van der Waals surface area contributed by atoms with E-state index in [-0.39, 0.29) is 0 Å². The Hall–Kier alpha value is -7.76. The molecule has 0 saturated heterocycles. The fraction of sp³-hybridized carbons (Fsp3) is 0. The van der Waals surface area contributed by atoms with Gasteiger partial charge in [-0.15, -0.1) is 0 Å². The summed E-state index contributed by atoms with van der Waals surface area (Å²) in [5.74, 6) is 0.678. The number of rotatable bonds is 5. The zero-order chi connectivity index (χ0) is 37.5. The summed E-state index contributed by atoms with van der Waals surface area (Å²) in [5.41, 5.74) is 12.9. The third-order valence-electron chi connectivity index (χ3n) is 11.5. The van der Waals surface area contributed by atoms with Gasteiger partial charge in [-0.2, -0.15) is 0 Å². The first kappa shape index (κ1) is 31.6. The number of nitrogens with zero attached hydrogens (tertiary/aromatic N) is 5. The van der Waals surface area contributed by atoms with E-state index >= 15 is 0 Å². The number of para-hydroxylation sites is 6. The minimum atomic E-state index is 0.678. The predicted molar refractivity (Wildman–Crippen MR) is 236 cm³/mol. The molecule has 0 spiro atoms. The van der Waals surface area contributed by atoms with Crippen molar-refractivity contribution in [3.05, 3.63) is 200 Å². The molecule has 0 saturated carbocycles. The number of benzene rings is 8. The summed E-state index contributed by atoms with van der Waals surface area (Å²) in [6.45, 7) is 0. The van der Waals surface area contributed by atoms with E-state index in [1.807, 2.05) is 0 Å². The van der Waals surface area contributed by atoms with Gasteiger partial charge < -0.3 is 9.13 Å². The molecule has 4 aromatic heterocycles. The van der Waals surface area contributed by atoms with E-state index in [1.54, 1.807) is 0 Å². The number of fused-ring (bicyclic) bond motifs is 9. The second kappa shape index (κ2) is 12.4. The fourth-order valence-electron chi connectivity index (χ4n) is 8.96. The Balaban J connectivity index is 1.06. The van der Waals surface area contributed by atoms with Gasteiger partial charge in [0.15, 0.2) is 5.82 Å². The summed E-state index contributed by atoms with van der Waals surface area (Å²) >= 11 is 0. The summed E-state index contributed by atoms with van der Waals surface area (Å²) in [6.07, 6.45) is 0. The summed E-state index contributed by atoms with van der Waals surface area (Å²) in [7, 11) is 0. The van der Waals surface area contributed by atoms with Crippen LogP contribution in [-0.2, 0) is 0 Å². The van der Waals surface area contributed by atoms with Crippen molar-refractivity contribution in [2.45, 2.75) is 0 Å². The first-order valence-corrected chi connectivity index (χ1v) is 19.3. The van der Waals surface area contributed by atoms with Gasteiger partial charge in [-0.25, -0.2) is 9.97 Å². The molecule has 4 heterocycles. The smallest absolute Gasteiger partial charge is 0.162 e. The van der Waals surface area contributed by atoms with E-state index < -0.39 is 0 Å². The van der Waals surface area contributed by atoms with Crippen LogP contribution in [0.3, 0.4) is 0 Å². The van der Waals surface area contributed by atoms with Crippen molar-refractivity contribution in [3.8, 4) is 39.7 Å². The van der Waals surface area contributed by atoms with Crippen molar-refractivity contribution in [2.24, 2.45) is 0 Å². The average Bonchev–Trinajstić information content (AvgIpc) is 3.92. The van der Waals surface area contributed by atoms with Crippen LogP contribution in [0.1, 0.15) is 0 Å². The predicted octanol–water partition coefficient (Wildman–Crippen LogP) is 13.1. The molecule has 0 aliphatic heterocycles. The first-order valence-electron chi connectivity index (χ1n) is 19.3. The quantitative estimate of drug-likeness (QED) is 0.177. The molecule has 0 aliphatic rings. The molecule has 5 nitrogen and oxygen atoms in total. The van der Waals surface area contributed by atoms with Gasteiger partial charge in [-0.1, -0.05) is 121 Å². The highest BCUT2D eigenvalue weighted by Gasteiger charge is 2.22. The monoisotopic (exact) mass is 727 g/mol. The molecule has 0 radical (unpaired) electrons. The van der Waals surface area contributed by atoms with Crippen LogP contribution >= 0.6 is 0 Å². The van der Waals surface area contributed by atoms with Gasteiger partial charge in [-0.3, -0.25) is 4.57 Å². The SMILES string of the molecule is c1ccc(-n2c3ccccc3c3c(-c4ccc(-n5c6ccccc6c6ccccc65)cc4)nc(-c4ccc(-n5c6ccccc6c6ccccc65)cc4)nc32)cc1. The van der Waals surface area contributed by atoms with Gasteiger partial charge in [-0.05, 0) is 78.9 Å². The Morgan fingerprint density at radius 2 is 0.649 bits per heavy atom. The Labute approximate surface area is 328 Å². The highest BCUT2D eigenvalue weighted by molar-refractivity contribution is 6.14. The molecule has 5 heteroatoms. The maximum Gasteiger partial charge on any atom is 0.162 e. The summed E-state index contributed by atoms with van der Waals surface area (Å²) in [4.78, 5) is 10.8. The maximum absolute atomic E-state index is 5.45. The van der Waals surface area contributed by atoms with Gasteiger partial charge in [0.1, 0.15) is 5.65 Å². The normalized spacial score (nSPS) is 11.9. The molecule has 8 aromatic carbocycles. The van der Waals surface area contributed by atoms with Gasteiger partial charge in [0, 0.05) is 55.1 Å². The zero-order valence-electron chi connectivity index (χ0n) is 30.8. The van der Waals surface area contributed by atoms with Crippen molar-refractivity contribution in [2.75, 3.05) is 0 Å². The summed E-state index contributed by atoms with van der Waals surface area (Å²) in [6, 6.07) is 71.2. The minimum absolute atomic E-state index is 0.678. The van der Waals surface area contributed by atoms with Gasteiger partial charge in [0.05, 0.1) is 38.7 Å². The molecule has 12 rings (SSSR count). The number of aromatic nitrogens is 5. The van der Waals surface area contributed by atoms with Crippen LogP contribution in [0.5, 0.6) is 0 Å². The van der Waals surface area contributed by atoms with Crippen LogP contribution < -0.4 is 0 Å². The first-order chi connectivity index (χ1) is 28.3. The van der Waals surface area contributed by atoms with Crippen molar-refractivity contribution < 1.29 is 0 Å². The van der Waals surface area contributed by atoms with Crippen molar-refractivity contribution in [3.63, 3.8) is 0 Å². The molecule has 0 amide bonds. The molecule has 0 atom stereocenters. The van der Waals surface area contributed by atoms with Crippen LogP contribution in [-0.4, -0.2) is 23.7 Å². The van der Waals surface area contributed by atoms with Crippen LogP contribution in [0.4, 0.5) is 0 Å². The Morgan fingerprint density at radius 1 is 0.281 bits per heavy atom. The van der Waals surface area contributed by atoms with Crippen LogP contribution in [0.15, 0.2) is 200 Å². The van der Waals surface area contributed by atoms with Crippen LogP contribution in [0, 0.1) is 0 Å². The van der Waals surface area contributed by atoms with E-state index in [0.29, 0.717) is 5.82 Å². The van der Waals surface area contributed by atoms with Gasteiger partial charge in [0.2, 0.25) is 0 Å². The second-order valence-corrected chi connectivity index (χ2v) is 14.6. The molecule has 0 N–H and O–H groups in total. The summed E-state index contributed by atoms with van der Waals surface area (Å²) < 4.78 is 6.98. The zero-order valence-corrected chi connectivity index (χ0v) is 30.8. The molecular weight excluding hydrogens is 695 g/mol. The molecule has 266 valence electrons. The van der Waals surface area contributed by atoms with E-state index in [1.165, 1.54) is 43.6 Å². The molecule has 0 unspecified atom stereocenters. The molecule has 0 aliphatic carbocycles. The van der Waals surface area contributed by atoms with Crippen LogP contribution in [0.2, 0.25) is 0 Å². The lowest BCUT2D eigenvalue weighted by Gasteiger charge is -2.12. The van der Waals surface area contributed by atoms with E-state index in [2.05, 4.69) is 214 Å². The molecule has 0 bridgehead atoms. The van der Waals surface area contributed by atoms with Gasteiger partial charge in [0.25, 0.3) is 0 Å². The average molecular weight is 728 g/mol. The van der Waals surface area contributed by atoms with E-state index in [9.17, 15) is 0 Å². The molecule has 57 heavy (non-hydrogen) atoms. The minimum Gasteiger partial charge on any atom is -0.309 e. The van der Waals surface area contributed by atoms with Crippen molar-refractivity contribution in [1.29, 1.82) is 0 Å². The summed E-state index contributed by atoms with van der Waals surface area (Å²) in [5, 5.41) is 7.13. The topological polar surface area (TPSA) is 40.6 Å². The highest BCUT2D eigenvalue weighted by Crippen LogP contribution is 2.40. The fourth-order valence-corrected chi connectivity index (χ4v) is 8.96. The van der Waals surface area contributed by atoms with Crippen LogP contribution in [0.25, 0.3) is 105 Å². The second-order valence-electron chi connectivity index (χ2n) is 14.6. The molecule has 12 aromatic rings. The third kappa shape index (κ3) is 4.76. The largest absolute Gasteiger partial charge is 0.309 e. The molecule has 0 fully saturated rings. The van der Waals surface area contributed by atoms with E-state index in [4.69, 9.17) is 9.97 Å². The Bertz CT molecular complexity index is 3390. The van der Waals surface area contributed by atoms with Gasteiger partial charge >= 0.3 is 0 Å². The lowest BCUT2D eigenvalue weighted by Crippen LogP contribution is -2.00. The Morgan fingerprint density at radius 3 is 1.12 bits per heavy atom. The maximum atomic E-state index is 5.45. The third-order valence-corrected chi connectivity index (χ3v) is 11.5. The lowest BCUT2D eigenvalue weighted by molar-refractivity contribution is 1.11. The molecular formula is C52H33N5. The lowest BCUT2D eigenvalue weighted by atomic mass is 10.0. The number of hydrogen-bond acceptors (Lipinski definition) is 2. The van der Waals surface area contributed by atoms with E-state index in [0.717, 1.165) is 55.8 Å². The van der Waals surface area contributed by atoms with Crippen molar-refractivity contribution in [1.82, 2.24) is 23.7 Å². The highest BCUT2D eigenvalue weighted by atomic mass is 15.1. The standard InChI is InChI=1S/C52H33N5/c1-2-14-36(15-3-1)57-48-25-13-8-20-43(48)49-50(34-26-30-37(31-27-34)55-44-21-9-4-16-39(44)40-17-5-10-22-45(40)55)53-51(54-52(49)57)35-28-32-38(33-29-35)56-46-23-11-6-18-41(46)42-19-7-12-24-47(42)56/h1-33H. The Kier molecular flexibility index (Phi) is 6.86.